The summed E-state index contributed by atoms with van der Waals surface area (Å²) in [7, 11) is 0. The third-order valence-corrected chi connectivity index (χ3v) is 4.83. The fraction of sp³-hybridized carbons (Fsp3) is 0.381. The molecule has 0 radical (unpaired) electrons. The zero-order chi connectivity index (χ0) is 18.5. The number of hydrogen-bond acceptors (Lipinski definition) is 3. The van der Waals surface area contributed by atoms with Gasteiger partial charge in [-0.15, -0.1) is 0 Å². The zero-order valence-electron chi connectivity index (χ0n) is 15.4. The van der Waals surface area contributed by atoms with Crippen LogP contribution in [0.4, 0.5) is 5.69 Å². The fourth-order valence-corrected chi connectivity index (χ4v) is 3.36. The summed E-state index contributed by atoms with van der Waals surface area (Å²) < 4.78 is 0. The molecule has 26 heavy (non-hydrogen) atoms. The van der Waals surface area contributed by atoms with E-state index in [9.17, 15) is 4.79 Å². The highest BCUT2D eigenvalue weighted by Crippen LogP contribution is 2.20. The quantitative estimate of drug-likeness (QED) is 0.868. The van der Waals surface area contributed by atoms with E-state index in [0.29, 0.717) is 0 Å². The fourth-order valence-electron chi connectivity index (χ4n) is 3.23. The van der Waals surface area contributed by atoms with Crippen molar-refractivity contribution in [2.24, 2.45) is 0 Å². The second-order valence-electron chi connectivity index (χ2n) is 7.07. The number of piperazine rings is 1. The van der Waals surface area contributed by atoms with Crippen LogP contribution < -0.4 is 10.2 Å². The molecule has 1 heterocycles. The van der Waals surface area contributed by atoms with Crippen molar-refractivity contribution in [3.63, 3.8) is 0 Å². The maximum Gasteiger partial charge on any atom is 0.251 e. The third kappa shape index (κ3) is 4.99. The van der Waals surface area contributed by atoms with Gasteiger partial charge in [-0.25, -0.2) is 0 Å². The molecule has 1 N–H and O–H groups in total. The predicted octanol–water partition coefficient (Wildman–Crippen LogP) is 3.80. The van der Waals surface area contributed by atoms with Crippen LogP contribution in [-0.4, -0.2) is 43.0 Å². The molecule has 0 atom stereocenters. The first-order chi connectivity index (χ1) is 12.5. The molecule has 4 nitrogen and oxygen atoms in total. The van der Waals surface area contributed by atoms with Gasteiger partial charge in [0.15, 0.2) is 0 Å². The molecular formula is C21H26ClN3O. The van der Waals surface area contributed by atoms with Crippen LogP contribution in [0.15, 0.2) is 48.5 Å². The minimum atomic E-state index is -0.00518. The van der Waals surface area contributed by atoms with Gasteiger partial charge in [0.25, 0.3) is 5.91 Å². The van der Waals surface area contributed by atoms with Crippen LogP contribution in [-0.2, 0) is 6.54 Å². The maximum atomic E-state index is 12.2. The minimum Gasteiger partial charge on any atom is -0.369 e. The van der Waals surface area contributed by atoms with Gasteiger partial charge >= 0.3 is 0 Å². The molecule has 2 aromatic carbocycles. The number of halogens is 1. The lowest BCUT2D eigenvalue weighted by atomic mass is 10.1. The molecule has 2 aromatic rings. The monoisotopic (exact) mass is 371 g/mol. The van der Waals surface area contributed by atoms with Crippen molar-refractivity contribution < 1.29 is 4.79 Å². The average molecular weight is 372 g/mol. The van der Waals surface area contributed by atoms with Gasteiger partial charge < -0.3 is 10.2 Å². The molecule has 1 aliphatic rings. The number of amides is 1. The Kier molecular flexibility index (Phi) is 6.17. The van der Waals surface area contributed by atoms with Crippen molar-refractivity contribution in [1.29, 1.82) is 0 Å². The number of anilines is 1. The summed E-state index contributed by atoms with van der Waals surface area (Å²) in [6, 6.07) is 16.1. The van der Waals surface area contributed by atoms with Crippen LogP contribution in [0.1, 0.15) is 29.8 Å². The van der Waals surface area contributed by atoms with Crippen molar-refractivity contribution >= 4 is 23.2 Å². The lowest BCUT2D eigenvalue weighted by Gasteiger charge is -2.36. The molecule has 1 fully saturated rings. The summed E-state index contributed by atoms with van der Waals surface area (Å²) in [4.78, 5) is 17.0. The summed E-state index contributed by atoms with van der Waals surface area (Å²) in [5.74, 6) is -0.00518. The Balaban J connectivity index is 1.56. The first-order valence-corrected chi connectivity index (χ1v) is 9.52. The van der Waals surface area contributed by atoms with Gasteiger partial charge in [-0.05, 0) is 55.8 Å². The average Bonchev–Trinajstić information content (AvgIpc) is 2.63. The topological polar surface area (TPSA) is 35.6 Å². The summed E-state index contributed by atoms with van der Waals surface area (Å²) in [5.41, 5.74) is 3.14. The molecule has 3 rings (SSSR count). The molecule has 0 saturated carbocycles. The van der Waals surface area contributed by atoms with E-state index in [1.165, 1.54) is 11.3 Å². The van der Waals surface area contributed by atoms with E-state index in [1.807, 2.05) is 44.2 Å². The molecule has 1 saturated heterocycles. The molecule has 138 valence electrons. The van der Waals surface area contributed by atoms with Crippen LogP contribution in [0, 0.1) is 0 Å². The molecule has 0 bridgehead atoms. The summed E-state index contributed by atoms with van der Waals surface area (Å²) in [5, 5.41) is 3.72. The van der Waals surface area contributed by atoms with Crippen LogP contribution in [0.25, 0.3) is 0 Å². The predicted molar refractivity (Wildman–Crippen MR) is 108 cm³/mol. The standard InChI is InChI=1S/C21H26ClN3O/c1-16(2)23-21(26)18-5-3-4-17(14-18)15-24-10-12-25(13-11-24)20-8-6-19(22)7-9-20/h3-9,14,16H,10-13,15H2,1-2H3,(H,23,26). The second kappa shape index (κ2) is 8.56. The van der Waals surface area contributed by atoms with Gasteiger partial charge in [0, 0.05) is 55.0 Å². The van der Waals surface area contributed by atoms with E-state index >= 15 is 0 Å². The minimum absolute atomic E-state index is 0.00518. The molecular weight excluding hydrogens is 346 g/mol. The molecule has 5 heteroatoms. The first kappa shape index (κ1) is 18.7. The highest BCUT2D eigenvalue weighted by molar-refractivity contribution is 6.30. The number of nitrogens with one attached hydrogen (secondary N) is 1. The maximum absolute atomic E-state index is 12.2. The molecule has 0 aliphatic carbocycles. The largest absolute Gasteiger partial charge is 0.369 e. The SMILES string of the molecule is CC(C)NC(=O)c1cccc(CN2CCN(c3ccc(Cl)cc3)CC2)c1. The van der Waals surface area contributed by atoms with Crippen LogP contribution in [0.2, 0.25) is 5.02 Å². The van der Waals surface area contributed by atoms with E-state index in [4.69, 9.17) is 11.6 Å². The Bertz CT molecular complexity index is 737. The van der Waals surface area contributed by atoms with Gasteiger partial charge in [-0.3, -0.25) is 9.69 Å². The molecule has 0 unspecified atom stereocenters. The van der Waals surface area contributed by atoms with Crippen molar-refractivity contribution in [2.75, 3.05) is 31.1 Å². The van der Waals surface area contributed by atoms with Crippen LogP contribution in [0.5, 0.6) is 0 Å². The summed E-state index contributed by atoms with van der Waals surface area (Å²) in [6.45, 7) is 8.82. The zero-order valence-corrected chi connectivity index (χ0v) is 16.2. The normalized spacial score (nSPS) is 15.3. The van der Waals surface area contributed by atoms with Crippen molar-refractivity contribution in [3.05, 3.63) is 64.7 Å². The smallest absolute Gasteiger partial charge is 0.251 e. The number of rotatable bonds is 5. The van der Waals surface area contributed by atoms with Crippen molar-refractivity contribution in [2.45, 2.75) is 26.4 Å². The van der Waals surface area contributed by atoms with E-state index in [-0.39, 0.29) is 11.9 Å². The van der Waals surface area contributed by atoms with Gasteiger partial charge in [0.05, 0.1) is 0 Å². The van der Waals surface area contributed by atoms with E-state index in [1.54, 1.807) is 0 Å². The first-order valence-electron chi connectivity index (χ1n) is 9.14. The van der Waals surface area contributed by atoms with E-state index in [0.717, 1.165) is 43.3 Å². The Hall–Kier alpha value is -2.04. The number of carbonyl (C=O) groups excluding carboxylic acids is 1. The van der Waals surface area contributed by atoms with E-state index < -0.39 is 0 Å². The van der Waals surface area contributed by atoms with Gasteiger partial charge in [0.2, 0.25) is 0 Å². The summed E-state index contributed by atoms with van der Waals surface area (Å²) in [6.07, 6.45) is 0. The van der Waals surface area contributed by atoms with Crippen LogP contribution in [0.3, 0.4) is 0 Å². The van der Waals surface area contributed by atoms with Gasteiger partial charge in [-0.1, -0.05) is 23.7 Å². The number of carbonyl (C=O) groups is 1. The highest BCUT2D eigenvalue weighted by Gasteiger charge is 2.17. The molecule has 1 aliphatic heterocycles. The van der Waals surface area contributed by atoms with Gasteiger partial charge in [0.1, 0.15) is 0 Å². The van der Waals surface area contributed by atoms with E-state index in [2.05, 4.69) is 33.3 Å². The summed E-state index contributed by atoms with van der Waals surface area (Å²) >= 11 is 5.97. The van der Waals surface area contributed by atoms with Crippen molar-refractivity contribution in [3.8, 4) is 0 Å². The molecule has 0 aromatic heterocycles. The number of benzene rings is 2. The number of hydrogen-bond donors (Lipinski definition) is 1. The highest BCUT2D eigenvalue weighted by atomic mass is 35.5. The second-order valence-corrected chi connectivity index (χ2v) is 7.50. The van der Waals surface area contributed by atoms with Crippen molar-refractivity contribution in [1.82, 2.24) is 10.2 Å². The Labute approximate surface area is 160 Å². The lowest BCUT2D eigenvalue weighted by molar-refractivity contribution is 0.0943. The Morgan fingerprint density at radius 3 is 2.42 bits per heavy atom. The lowest BCUT2D eigenvalue weighted by Crippen LogP contribution is -2.46. The molecule has 1 amide bonds. The van der Waals surface area contributed by atoms with Gasteiger partial charge in [-0.2, -0.15) is 0 Å². The Morgan fingerprint density at radius 1 is 1.08 bits per heavy atom. The van der Waals surface area contributed by atoms with Crippen LogP contribution >= 0.6 is 11.6 Å². The third-order valence-electron chi connectivity index (χ3n) is 4.58. The molecule has 0 spiro atoms. The Morgan fingerprint density at radius 2 is 1.77 bits per heavy atom. The number of nitrogens with zero attached hydrogens (tertiary/aromatic N) is 2.